The molecule has 0 amide bonds. The van der Waals surface area contributed by atoms with Crippen molar-refractivity contribution in [2.45, 2.75) is 26.3 Å². The summed E-state index contributed by atoms with van der Waals surface area (Å²) in [5.41, 5.74) is 0. The van der Waals surface area contributed by atoms with E-state index in [1.54, 1.807) is 7.05 Å². The van der Waals surface area contributed by atoms with E-state index in [0.29, 0.717) is 6.42 Å². The fourth-order valence-corrected chi connectivity index (χ4v) is 0.737. The highest BCUT2D eigenvalue weighted by molar-refractivity contribution is 5.87. The van der Waals surface area contributed by atoms with E-state index in [1.165, 1.54) is 13.8 Å². The number of hydrogen-bond acceptors (Lipinski definition) is 3. The molecule has 0 bridgehead atoms. The Morgan fingerprint density at radius 1 is 1.40 bits per heavy atom. The lowest BCUT2D eigenvalue weighted by Crippen LogP contribution is -2.33. The second kappa shape index (κ2) is 4.17. The maximum Gasteiger partial charge on any atom is 0.147 e. The Morgan fingerprint density at radius 2 is 1.90 bits per heavy atom. The third-order valence-electron chi connectivity index (χ3n) is 1.33. The Balaban J connectivity index is 3.83. The summed E-state index contributed by atoms with van der Waals surface area (Å²) in [5.74, 6) is 0.0484. The molecular formula is C7H13NO2. The van der Waals surface area contributed by atoms with E-state index in [2.05, 4.69) is 5.32 Å². The molecule has 0 aromatic rings. The van der Waals surface area contributed by atoms with Crippen LogP contribution in [0.3, 0.4) is 0 Å². The van der Waals surface area contributed by atoms with Crippen molar-refractivity contribution in [3.05, 3.63) is 0 Å². The predicted molar refractivity (Wildman–Crippen MR) is 38.8 cm³/mol. The van der Waals surface area contributed by atoms with Gasteiger partial charge in [-0.25, -0.2) is 0 Å². The van der Waals surface area contributed by atoms with Crippen molar-refractivity contribution < 1.29 is 9.59 Å². The molecule has 3 heteroatoms. The maximum atomic E-state index is 10.7. The highest BCUT2D eigenvalue weighted by Gasteiger charge is 2.12. The third kappa shape index (κ3) is 3.35. The van der Waals surface area contributed by atoms with Crippen molar-refractivity contribution in [3.8, 4) is 0 Å². The molecule has 0 spiro atoms. The SMILES string of the molecule is CNC(CC(C)=O)C(C)=O. The fraction of sp³-hybridized carbons (Fsp3) is 0.714. The van der Waals surface area contributed by atoms with Crippen molar-refractivity contribution in [2.24, 2.45) is 0 Å². The summed E-state index contributed by atoms with van der Waals surface area (Å²) in [7, 11) is 1.68. The molecule has 0 saturated carbocycles. The van der Waals surface area contributed by atoms with Crippen LogP contribution >= 0.6 is 0 Å². The molecule has 1 N–H and O–H groups in total. The molecule has 0 aliphatic heterocycles. The zero-order valence-corrected chi connectivity index (χ0v) is 6.60. The van der Waals surface area contributed by atoms with Crippen molar-refractivity contribution in [3.63, 3.8) is 0 Å². The Hall–Kier alpha value is -0.700. The van der Waals surface area contributed by atoms with Gasteiger partial charge in [0.15, 0.2) is 0 Å². The smallest absolute Gasteiger partial charge is 0.147 e. The zero-order valence-electron chi connectivity index (χ0n) is 6.60. The Bertz CT molecular complexity index is 143. The van der Waals surface area contributed by atoms with Gasteiger partial charge < -0.3 is 5.32 Å². The average Bonchev–Trinajstić information content (AvgIpc) is 1.81. The summed E-state index contributed by atoms with van der Waals surface area (Å²) < 4.78 is 0. The quantitative estimate of drug-likeness (QED) is 0.609. The summed E-state index contributed by atoms with van der Waals surface area (Å²) in [4.78, 5) is 21.2. The number of carbonyl (C=O) groups excluding carboxylic acids is 2. The standard InChI is InChI=1S/C7H13NO2/c1-5(9)4-7(8-3)6(2)10/h7-8H,4H2,1-3H3. The van der Waals surface area contributed by atoms with Crippen LogP contribution in [0.15, 0.2) is 0 Å². The highest BCUT2D eigenvalue weighted by Crippen LogP contribution is 1.92. The van der Waals surface area contributed by atoms with Crippen molar-refractivity contribution in [2.75, 3.05) is 7.05 Å². The molecule has 0 rings (SSSR count). The van der Waals surface area contributed by atoms with Gasteiger partial charge in [-0.15, -0.1) is 0 Å². The summed E-state index contributed by atoms with van der Waals surface area (Å²) in [6.07, 6.45) is 0.297. The first-order valence-electron chi connectivity index (χ1n) is 3.25. The third-order valence-corrected chi connectivity index (χ3v) is 1.33. The second-order valence-electron chi connectivity index (χ2n) is 2.36. The van der Waals surface area contributed by atoms with Crippen molar-refractivity contribution >= 4 is 11.6 Å². The van der Waals surface area contributed by atoms with Gasteiger partial charge in [-0.2, -0.15) is 0 Å². The molecule has 0 aliphatic carbocycles. The predicted octanol–water partition coefficient (Wildman–Crippen LogP) is 0.142. The van der Waals surface area contributed by atoms with Crippen LogP contribution in [0.2, 0.25) is 0 Å². The van der Waals surface area contributed by atoms with Gasteiger partial charge in [-0.05, 0) is 20.9 Å². The minimum atomic E-state index is -0.294. The first-order valence-corrected chi connectivity index (χ1v) is 3.25. The molecule has 0 aromatic heterocycles. The summed E-state index contributed by atoms with van der Waals surface area (Å²) in [5, 5.41) is 2.76. The van der Waals surface area contributed by atoms with Gasteiger partial charge in [0.25, 0.3) is 0 Å². The molecule has 58 valence electrons. The van der Waals surface area contributed by atoms with E-state index in [-0.39, 0.29) is 17.6 Å². The van der Waals surface area contributed by atoms with Crippen LogP contribution in [0, 0.1) is 0 Å². The van der Waals surface area contributed by atoms with Gasteiger partial charge in [0.1, 0.15) is 11.6 Å². The largest absolute Gasteiger partial charge is 0.310 e. The monoisotopic (exact) mass is 143 g/mol. The van der Waals surface area contributed by atoms with Gasteiger partial charge in [0, 0.05) is 6.42 Å². The van der Waals surface area contributed by atoms with Crippen LogP contribution in [0.1, 0.15) is 20.3 Å². The molecular weight excluding hydrogens is 130 g/mol. The Kier molecular flexibility index (Phi) is 3.88. The molecule has 3 nitrogen and oxygen atoms in total. The molecule has 0 radical (unpaired) electrons. The molecule has 10 heavy (non-hydrogen) atoms. The van der Waals surface area contributed by atoms with Crippen LogP contribution in [-0.2, 0) is 9.59 Å². The molecule has 0 saturated heterocycles. The molecule has 0 fully saturated rings. The van der Waals surface area contributed by atoms with Gasteiger partial charge in [0.2, 0.25) is 0 Å². The van der Waals surface area contributed by atoms with E-state index in [1.807, 2.05) is 0 Å². The molecule has 1 unspecified atom stereocenters. The topological polar surface area (TPSA) is 46.2 Å². The number of ketones is 2. The number of nitrogens with one attached hydrogen (secondary N) is 1. The first kappa shape index (κ1) is 9.30. The summed E-state index contributed by atoms with van der Waals surface area (Å²) in [6, 6.07) is -0.294. The van der Waals surface area contributed by atoms with Crippen LogP contribution in [0.25, 0.3) is 0 Å². The number of rotatable bonds is 4. The van der Waals surface area contributed by atoms with Gasteiger partial charge in [-0.1, -0.05) is 0 Å². The minimum absolute atomic E-state index is 0.0118. The zero-order chi connectivity index (χ0) is 8.15. The van der Waals surface area contributed by atoms with E-state index < -0.39 is 0 Å². The van der Waals surface area contributed by atoms with E-state index >= 15 is 0 Å². The van der Waals surface area contributed by atoms with Crippen LogP contribution < -0.4 is 5.32 Å². The van der Waals surface area contributed by atoms with Crippen LogP contribution in [0.5, 0.6) is 0 Å². The molecule has 0 aliphatic rings. The van der Waals surface area contributed by atoms with E-state index in [9.17, 15) is 9.59 Å². The number of hydrogen-bond donors (Lipinski definition) is 1. The Labute approximate surface area is 60.8 Å². The number of likely N-dealkylation sites (N-methyl/N-ethyl adjacent to an activating group) is 1. The lowest BCUT2D eigenvalue weighted by atomic mass is 10.1. The minimum Gasteiger partial charge on any atom is -0.310 e. The number of carbonyl (C=O) groups is 2. The molecule has 0 aromatic carbocycles. The van der Waals surface area contributed by atoms with Crippen LogP contribution in [0.4, 0.5) is 0 Å². The average molecular weight is 143 g/mol. The Morgan fingerprint density at radius 3 is 2.00 bits per heavy atom. The van der Waals surface area contributed by atoms with Gasteiger partial charge >= 0.3 is 0 Å². The fourth-order valence-electron chi connectivity index (χ4n) is 0.737. The number of Topliss-reactive ketones (excluding diaryl/α,β-unsaturated/α-hetero) is 2. The van der Waals surface area contributed by atoms with Crippen molar-refractivity contribution in [1.29, 1.82) is 0 Å². The van der Waals surface area contributed by atoms with E-state index in [0.717, 1.165) is 0 Å². The summed E-state index contributed by atoms with van der Waals surface area (Å²) in [6.45, 7) is 2.96. The van der Waals surface area contributed by atoms with Crippen molar-refractivity contribution in [1.82, 2.24) is 5.32 Å². The van der Waals surface area contributed by atoms with Gasteiger partial charge in [0.05, 0.1) is 6.04 Å². The molecule has 0 heterocycles. The summed E-state index contributed by atoms with van der Waals surface area (Å²) >= 11 is 0. The lowest BCUT2D eigenvalue weighted by Gasteiger charge is -2.08. The highest BCUT2D eigenvalue weighted by atomic mass is 16.1. The molecule has 1 atom stereocenters. The lowest BCUT2D eigenvalue weighted by molar-refractivity contribution is -0.123. The van der Waals surface area contributed by atoms with Gasteiger partial charge in [-0.3, -0.25) is 9.59 Å². The van der Waals surface area contributed by atoms with Crippen LogP contribution in [-0.4, -0.2) is 24.7 Å². The normalized spacial score (nSPS) is 12.7. The second-order valence-corrected chi connectivity index (χ2v) is 2.36. The first-order chi connectivity index (χ1) is 4.57. The van der Waals surface area contributed by atoms with E-state index in [4.69, 9.17) is 0 Å². The maximum absolute atomic E-state index is 10.7.